The fourth-order valence-corrected chi connectivity index (χ4v) is 6.90. The van der Waals surface area contributed by atoms with Gasteiger partial charge < -0.3 is 0 Å². The molecule has 4 aromatic carbocycles. The van der Waals surface area contributed by atoms with Crippen LogP contribution in [0.25, 0.3) is 0 Å². The molecule has 4 atom stereocenters. The third-order valence-electron chi connectivity index (χ3n) is 8.20. The van der Waals surface area contributed by atoms with Crippen LogP contribution in [-0.4, -0.2) is 18.0 Å². The molecule has 4 aromatic rings. The molecule has 180 valence electrons. The van der Waals surface area contributed by atoms with Crippen molar-refractivity contribution in [3.63, 3.8) is 0 Å². The van der Waals surface area contributed by atoms with Gasteiger partial charge in [0.05, 0.1) is 33.6 Å². The van der Waals surface area contributed by atoms with Gasteiger partial charge in [0.15, 0.2) is 0 Å². The number of imide groups is 1. The predicted octanol–water partition coefficient (Wildman–Crippen LogP) is 6.60. The second-order valence-corrected chi connectivity index (χ2v) is 10.5. The van der Waals surface area contributed by atoms with Gasteiger partial charge in [-0.25, -0.2) is 4.90 Å². The van der Waals surface area contributed by atoms with Crippen LogP contribution in [0.3, 0.4) is 0 Å². The Labute approximate surface area is 220 Å². The van der Waals surface area contributed by atoms with Crippen LogP contribution < -0.4 is 4.90 Å². The van der Waals surface area contributed by atoms with E-state index < -0.39 is 17.3 Å². The van der Waals surface area contributed by atoms with Gasteiger partial charge in [-0.1, -0.05) is 84.4 Å². The number of carbonyl (C=O) groups is 2. The van der Waals surface area contributed by atoms with E-state index in [9.17, 15) is 9.59 Å². The van der Waals surface area contributed by atoms with Crippen molar-refractivity contribution in [2.45, 2.75) is 18.3 Å². The molecule has 1 aliphatic heterocycles. The Morgan fingerprint density at radius 3 is 2.41 bits per heavy atom. The highest BCUT2D eigenvalue weighted by Crippen LogP contribution is 2.60. The summed E-state index contributed by atoms with van der Waals surface area (Å²) in [5.41, 5.74) is 5.53. The van der Waals surface area contributed by atoms with Crippen molar-refractivity contribution in [3.05, 3.63) is 130 Å². The maximum atomic E-state index is 14.4. The van der Waals surface area contributed by atoms with Gasteiger partial charge in [-0.3, -0.25) is 14.6 Å². The largest absolute Gasteiger partial charge is 0.274 e. The first-order valence-electron chi connectivity index (χ1n) is 12.4. The average molecular weight is 503 g/mol. The molecule has 5 heteroatoms. The monoisotopic (exact) mass is 502 g/mol. The average Bonchev–Trinajstić information content (AvgIpc) is 3.15. The molecule has 0 N–H and O–H groups in total. The first kappa shape index (κ1) is 22.2. The molecule has 0 unspecified atom stereocenters. The SMILES string of the molecule is Cc1cccc(N=C[C@@]23c4ccc(cc4)[C@@H](c4ccccc42)[C@H]2C(=O)N(c4ccccc4Cl)C(=O)[C@H]23)c1. The van der Waals surface area contributed by atoms with Gasteiger partial charge in [0.2, 0.25) is 11.8 Å². The van der Waals surface area contributed by atoms with E-state index in [1.807, 2.05) is 49.5 Å². The molecule has 5 aliphatic carbocycles. The highest BCUT2D eigenvalue weighted by atomic mass is 35.5. The molecule has 2 amide bonds. The zero-order valence-electron chi connectivity index (χ0n) is 20.1. The fourth-order valence-electron chi connectivity index (χ4n) is 6.68. The van der Waals surface area contributed by atoms with E-state index in [-0.39, 0.29) is 17.7 Å². The zero-order chi connectivity index (χ0) is 25.3. The summed E-state index contributed by atoms with van der Waals surface area (Å²) in [5, 5.41) is 0.380. The highest BCUT2D eigenvalue weighted by molar-refractivity contribution is 6.36. The quantitative estimate of drug-likeness (QED) is 0.234. The van der Waals surface area contributed by atoms with Crippen molar-refractivity contribution < 1.29 is 9.59 Å². The number of nitrogens with zero attached hydrogens (tertiary/aromatic N) is 2. The molecule has 10 rings (SSSR count). The second-order valence-electron chi connectivity index (χ2n) is 10.1. The molecular formula is C32H23ClN2O2. The molecule has 0 saturated carbocycles. The van der Waals surface area contributed by atoms with Crippen LogP contribution in [0.1, 0.15) is 33.7 Å². The van der Waals surface area contributed by atoms with Gasteiger partial charge in [0, 0.05) is 12.1 Å². The summed E-state index contributed by atoms with van der Waals surface area (Å²) in [6, 6.07) is 31.6. The smallest absolute Gasteiger partial charge is 0.239 e. The Morgan fingerprint density at radius 1 is 0.865 bits per heavy atom. The minimum Gasteiger partial charge on any atom is -0.274 e. The number of hydrogen-bond donors (Lipinski definition) is 0. The molecule has 4 bridgehead atoms. The summed E-state index contributed by atoms with van der Waals surface area (Å²) in [5.74, 6) is -1.90. The van der Waals surface area contributed by atoms with Crippen molar-refractivity contribution in [1.82, 2.24) is 0 Å². The fraction of sp³-hybridized carbons (Fsp3) is 0.156. The lowest BCUT2D eigenvalue weighted by atomic mass is 9.52. The van der Waals surface area contributed by atoms with Crippen molar-refractivity contribution in [3.8, 4) is 0 Å². The number of para-hydroxylation sites is 1. The van der Waals surface area contributed by atoms with E-state index in [1.165, 1.54) is 4.90 Å². The van der Waals surface area contributed by atoms with Crippen LogP contribution in [0.5, 0.6) is 0 Å². The van der Waals surface area contributed by atoms with Crippen LogP contribution in [0.2, 0.25) is 5.02 Å². The van der Waals surface area contributed by atoms with E-state index >= 15 is 0 Å². The van der Waals surface area contributed by atoms with E-state index in [4.69, 9.17) is 16.6 Å². The van der Waals surface area contributed by atoms with Gasteiger partial charge in [-0.15, -0.1) is 0 Å². The first-order valence-corrected chi connectivity index (χ1v) is 12.8. The minimum atomic E-state index is -0.913. The topological polar surface area (TPSA) is 49.7 Å². The lowest BCUT2D eigenvalue weighted by molar-refractivity contribution is -0.122. The third-order valence-corrected chi connectivity index (χ3v) is 8.52. The van der Waals surface area contributed by atoms with Crippen LogP contribution in [0.4, 0.5) is 11.4 Å². The van der Waals surface area contributed by atoms with Crippen LogP contribution in [0, 0.1) is 18.8 Å². The maximum Gasteiger partial charge on any atom is 0.239 e. The Bertz CT molecular complexity index is 1630. The number of aliphatic imine (C=N–C) groups is 1. The van der Waals surface area contributed by atoms with E-state index in [0.29, 0.717) is 10.7 Å². The Morgan fingerprint density at radius 2 is 1.62 bits per heavy atom. The summed E-state index contributed by atoms with van der Waals surface area (Å²) in [4.78, 5) is 34.9. The second kappa shape index (κ2) is 7.99. The number of halogens is 1. The summed E-state index contributed by atoms with van der Waals surface area (Å²) in [6.07, 6.45) is 1.91. The number of aryl methyl sites for hydroxylation is 1. The standard InChI is InChI=1S/C32H23ClN2O2/c1-19-7-6-8-22(17-19)34-18-32-21-15-13-20(14-16-21)27(23-9-2-3-10-24(23)32)28-29(32)31(37)35(30(28)36)26-12-5-4-11-25(26)33/h2-18,27-29H,1H3/t27-,28+,29-,32+/m0/s1. The molecule has 0 radical (unpaired) electrons. The predicted molar refractivity (Wildman–Crippen MR) is 146 cm³/mol. The number of rotatable bonds is 3. The molecule has 37 heavy (non-hydrogen) atoms. The number of amides is 2. The highest BCUT2D eigenvalue weighted by Gasteiger charge is 2.65. The summed E-state index contributed by atoms with van der Waals surface area (Å²) < 4.78 is 0. The van der Waals surface area contributed by atoms with Gasteiger partial charge in [-0.2, -0.15) is 0 Å². The van der Waals surface area contributed by atoms with Crippen molar-refractivity contribution >= 4 is 41.0 Å². The Kier molecular flexibility index (Phi) is 4.79. The van der Waals surface area contributed by atoms with Crippen molar-refractivity contribution in [2.24, 2.45) is 16.8 Å². The van der Waals surface area contributed by atoms with Gasteiger partial charge in [0.1, 0.15) is 0 Å². The molecule has 4 nitrogen and oxygen atoms in total. The molecule has 6 aliphatic rings. The van der Waals surface area contributed by atoms with Gasteiger partial charge in [-0.05, 0) is 59.0 Å². The maximum absolute atomic E-state index is 14.4. The van der Waals surface area contributed by atoms with Crippen molar-refractivity contribution in [2.75, 3.05) is 4.90 Å². The Balaban J connectivity index is 1.53. The Hall–Kier alpha value is -4.02. The normalized spacial score (nSPS) is 25.4. The molecule has 1 saturated heterocycles. The summed E-state index contributed by atoms with van der Waals surface area (Å²) in [6.45, 7) is 2.03. The summed E-state index contributed by atoms with van der Waals surface area (Å²) in [7, 11) is 0. The summed E-state index contributed by atoms with van der Waals surface area (Å²) >= 11 is 6.53. The molecular weight excluding hydrogens is 480 g/mol. The number of benzene rings is 4. The lowest BCUT2D eigenvalue weighted by Crippen LogP contribution is -2.51. The van der Waals surface area contributed by atoms with Crippen LogP contribution in [0.15, 0.2) is 102 Å². The number of anilines is 1. The molecule has 0 aromatic heterocycles. The van der Waals surface area contributed by atoms with E-state index in [1.54, 1.807) is 24.3 Å². The number of carbonyl (C=O) groups excluding carboxylic acids is 2. The molecule has 1 fully saturated rings. The third kappa shape index (κ3) is 2.99. The lowest BCUT2D eigenvalue weighted by Gasteiger charge is -2.48. The van der Waals surface area contributed by atoms with Crippen LogP contribution >= 0.6 is 11.6 Å². The van der Waals surface area contributed by atoms with E-state index in [2.05, 4.69) is 36.4 Å². The van der Waals surface area contributed by atoms with Crippen molar-refractivity contribution in [1.29, 1.82) is 0 Å². The molecule has 1 heterocycles. The number of hydrogen-bond acceptors (Lipinski definition) is 3. The van der Waals surface area contributed by atoms with Crippen LogP contribution in [-0.2, 0) is 15.0 Å². The van der Waals surface area contributed by atoms with Gasteiger partial charge >= 0.3 is 0 Å². The first-order chi connectivity index (χ1) is 18.0. The van der Waals surface area contributed by atoms with E-state index in [0.717, 1.165) is 33.5 Å². The zero-order valence-corrected chi connectivity index (χ0v) is 20.9. The molecule has 0 spiro atoms. The minimum absolute atomic E-state index is 0.210. The van der Waals surface area contributed by atoms with Gasteiger partial charge in [0.25, 0.3) is 0 Å².